The number of rotatable bonds is 2. The van der Waals surface area contributed by atoms with Gasteiger partial charge in [-0.2, -0.15) is 0 Å². The van der Waals surface area contributed by atoms with Crippen LogP contribution in [0.4, 0.5) is 0 Å². The van der Waals surface area contributed by atoms with Crippen LogP contribution in [0.15, 0.2) is 35.0 Å². The van der Waals surface area contributed by atoms with E-state index < -0.39 is 0 Å². The van der Waals surface area contributed by atoms with E-state index in [0.717, 1.165) is 31.3 Å². The van der Waals surface area contributed by atoms with Gasteiger partial charge in [-0.15, -0.1) is 0 Å². The minimum atomic E-state index is -0.144. The predicted molar refractivity (Wildman–Crippen MR) is 59.9 cm³/mol. The van der Waals surface area contributed by atoms with Crippen LogP contribution in [-0.4, -0.2) is 10.8 Å². The molecule has 1 aliphatic rings. The number of allylic oxidation sites excluding steroid dienone is 2. The van der Waals surface area contributed by atoms with E-state index in [9.17, 15) is 4.79 Å². The third-order valence-electron chi connectivity index (χ3n) is 2.61. The average molecular weight is 222 g/mol. The molecule has 1 aromatic rings. The van der Waals surface area contributed by atoms with E-state index in [4.69, 9.17) is 11.6 Å². The van der Waals surface area contributed by atoms with Crippen molar-refractivity contribution in [2.75, 3.05) is 0 Å². The Balaban J connectivity index is 2.25. The summed E-state index contributed by atoms with van der Waals surface area (Å²) in [6, 6.07) is 5.28. The summed E-state index contributed by atoms with van der Waals surface area (Å²) in [4.78, 5) is 15.9. The summed E-state index contributed by atoms with van der Waals surface area (Å²) in [5, 5.41) is 0.381. The molecule has 0 atom stereocenters. The molecule has 1 heterocycles. The van der Waals surface area contributed by atoms with Crippen molar-refractivity contribution in [1.82, 2.24) is 4.98 Å². The van der Waals surface area contributed by atoms with Crippen LogP contribution in [0, 0.1) is 0 Å². The number of carbonyl (C=O) groups is 1. The largest absolute Gasteiger partial charge is 0.286 e. The van der Waals surface area contributed by atoms with Gasteiger partial charge in [-0.1, -0.05) is 17.7 Å². The second kappa shape index (κ2) is 4.58. The standard InChI is InChI=1S/C12H12ClNO/c13-11(9-5-1-2-6-9)12(15)10-7-3-4-8-14-10/h3-4,7-8H,1-2,5-6H2. The summed E-state index contributed by atoms with van der Waals surface area (Å²) in [6.45, 7) is 0. The van der Waals surface area contributed by atoms with Crippen LogP contribution in [0.25, 0.3) is 0 Å². The molecule has 0 N–H and O–H groups in total. The van der Waals surface area contributed by atoms with Crippen LogP contribution in [0.5, 0.6) is 0 Å². The van der Waals surface area contributed by atoms with Crippen molar-refractivity contribution in [3.63, 3.8) is 0 Å². The Labute approximate surface area is 94.0 Å². The lowest BCUT2D eigenvalue weighted by Gasteiger charge is -2.01. The van der Waals surface area contributed by atoms with E-state index >= 15 is 0 Å². The lowest BCUT2D eigenvalue weighted by atomic mass is 10.1. The molecule has 1 fully saturated rings. The lowest BCUT2D eigenvalue weighted by Crippen LogP contribution is -2.03. The van der Waals surface area contributed by atoms with E-state index in [1.54, 1.807) is 24.4 Å². The summed E-state index contributed by atoms with van der Waals surface area (Å²) >= 11 is 6.06. The molecule has 0 aromatic carbocycles. The van der Waals surface area contributed by atoms with Crippen molar-refractivity contribution in [3.8, 4) is 0 Å². The quantitative estimate of drug-likeness (QED) is 0.567. The van der Waals surface area contributed by atoms with E-state index in [0.29, 0.717) is 10.7 Å². The van der Waals surface area contributed by atoms with Crippen LogP contribution in [-0.2, 0) is 0 Å². The monoisotopic (exact) mass is 221 g/mol. The topological polar surface area (TPSA) is 30.0 Å². The van der Waals surface area contributed by atoms with Gasteiger partial charge >= 0.3 is 0 Å². The van der Waals surface area contributed by atoms with Crippen molar-refractivity contribution in [2.45, 2.75) is 25.7 Å². The zero-order valence-corrected chi connectivity index (χ0v) is 9.13. The van der Waals surface area contributed by atoms with Crippen molar-refractivity contribution in [3.05, 3.63) is 40.7 Å². The van der Waals surface area contributed by atoms with Crippen LogP contribution >= 0.6 is 11.6 Å². The van der Waals surface area contributed by atoms with Gasteiger partial charge in [0.1, 0.15) is 5.69 Å². The average Bonchev–Trinajstić information content (AvgIpc) is 2.82. The Bertz CT molecular complexity index is 389. The van der Waals surface area contributed by atoms with E-state index in [-0.39, 0.29) is 5.78 Å². The number of Topliss-reactive ketones (excluding diaryl/α,β-unsaturated/α-hetero) is 1. The van der Waals surface area contributed by atoms with Crippen molar-refractivity contribution in [1.29, 1.82) is 0 Å². The molecule has 0 spiro atoms. The van der Waals surface area contributed by atoms with E-state index in [1.165, 1.54) is 0 Å². The molecule has 1 aliphatic carbocycles. The molecule has 0 bridgehead atoms. The van der Waals surface area contributed by atoms with Gasteiger partial charge < -0.3 is 0 Å². The number of nitrogens with zero attached hydrogens (tertiary/aromatic N) is 1. The van der Waals surface area contributed by atoms with Crippen LogP contribution in [0.3, 0.4) is 0 Å². The molecule has 0 saturated heterocycles. The fraction of sp³-hybridized carbons (Fsp3) is 0.333. The smallest absolute Gasteiger partial charge is 0.222 e. The maximum Gasteiger partial charge on any atom is 0.222 e. The fourth-order valence-corrected chi connectivity index (χ4v) is 2.08. The van der Waals surface area contributed by atoms with Crippen molar-refractivity contribution >= 4 is 17.4 Å². The molecule has 2 nitrogen and oxygen atoms in total. The second-order valence-corrected chi connectivity index (χ2v) is 4.05. The first kappa shape index (κ1) is 10.4. The van der Waals surface area contributed by atoms with Gasteiger partial charge in [-0.25, -0.2) is 0 Å². The second-order valence-electron chi connectivity index (χ2n) is 3.67. The Hall–Kier alpha value is -1.15. The van der Waals surface area contributed by atoms with Gasteiger partial charge in [0.2, 0.25) is 5.78 Å². The number of hydrogen-bond donors (Lipinski definition) is 0. The highest BCUT2D eigenvalue weighted by Crippen LogP contribution is 2.29. The minimum Gasteiger partial charge on any atom is -0.286 e. The number of ketones is 1. The fourth-order valence-electron chi connectivity index (χ4n) is 1.79. The van der Waals surface area contributed by atoms with Gasteiger partial charge in [0.25, 0.3) is 0 Å². The molecular weight excluding hydrogens is 210 g/mol. The van der Waals surface area contributed by atoms with Crippen LogP contribution in [0.1, 0.15) is 36.2 Å². The Morgan fingerprint density at radius 2 is 2.00 bits per heavy atom. The summed E-state index contributed by atoms with van der Waals surface area (Å²) in [5.74, 6) is -0.144. The van der Waals surface area contributed by atoms with Crippen molar-refractivity contribution < 1.29 is 4.79 Å². The van der Waals surface area contributed by atoms with Gasteiger partial charge in [-0.05, 0) is 43.4 Å². The van der Waals surface area contributed by atoms with Gasteiger partial charge in [0, 0.05) is 6.20 Å². The highest BCUT2D eigenvalue weighted by molar-refractivity contribution is 6.45. The molecule has 78 valence electrons. The highest BCUT2D eigenvalue weighted by atomic mass is 35.5. The molecule has 0 amide bonds. The molecule has 1 aromatic heterocycles. The Morgan fingerprint density at radius 3 is 2.60 bits per heavy atom. The first-order valence-electron chi connectivity index (χ1n) is 5.12. The third kappa shape index (κ3) is 2.26. The maximum absolute atomic E-state index is 11.9. The third-order valence-corrected chi connectivity index (χ3v) is 3.05. The molecule has 0 unspecified atom stereocenters. The first-order valence-corrected chi connectivity index (χ1v) is 5.50. The molecule has 3 heteroatoms. The van der Waals surface area contributed by atoms with E-state index in [1.807, 2.05) is 0 Å². The highest BCUT2D eigenvalue weighted by Gasteiger charge is 2.18. The molecule has 1 saturated carbocycles. The number of hydrogen-bond acceptors (Lipinski definition) is 2. The molecule has 15 heavy (non-hydrogen) atoms. The lowest BCUT2D eigenvalue weighted by molar-refractivity contribution is 0.103. The molecule has 0 aliphatic heterocycles. The zero-order chi connectivity index (χ0) is 10.7. The normalized spacial score (nSPS) is 15.4. The molecule has 2 rings (SSSR count). The summed E-state index contributed by atoms with van der Waals surface area (Å²) < 4.78 is 0. The van der Waals surface area contributed by atoms with Gasteiger partial charge in [-0.3, -0.25) is 9.78 Å². The van der Waals surface area contributed by atoms with Gasteiger partial charge in [0.15, 0.2) is 0 Å². The minimum absolute atomic E-state index is 0.144. The summed E-state index contributed by atoms with van der Waals surface area (Å²) in [5.41, 5.74) is 1.52. The SMILES string of the molecule is O=C(C(Cl)=C1CCCC1)c1ccccn1. The predicted octanol–water partition coefficient (Wildman–Crippen LogP) is 3.33. The zero-order valence-electron chi connectivity index (χ0n) is 8.37. The number of aromatic nitrogens is 1. The maximum atomic E-state index is 11.9. The molecular formula is C12H12ClNO. The van der Waals surface area contributed by atoms with Crippen LogP contribution in [0.2, 0.25) is 0 Å². The van der Waals surface area contributed by atoms with Crippen LogP contribution < -0.4 is 0 Å². The number of halogens is 1. The Kier molecular flexibility index (Phi) is 3.17. The summed E-state index contributed by atoms with van der Waals surface area (Å²) in [6.07, 6.45) is 5.80. The summed E-state index contributed by atoms with van der Waals surface area (Å²) in [7, 11) is 0. The van der Waals surface area contributed by atoms with Gasteiger partial charge in [0.05, 0.1) is 5.03 Å². The Morgan fingerprint density at radius 1 is 1.27 bits per heavy atom. The first-order chi connectivity index (χ1) is 7.29. The van der Waals surface area contributed by atoms with Crippen molar-refractivity contribution in [2.24, 2.45) is 0 Å². The number of carbonyl (C=O) groups excluding carboxylic acids is 1. The number of pyridine rings is 1. The molecule has 0 radical (unpaired) electrons. The van der Waals surface area contributed by atoms with E-state index in [2.05, 4.69) is 4.98 Å².